The molecule has 1 rings (SSSR count). The number of piperidine rings is 1. The Morgan fingerprint density at radius 1 is 1.37 bits per heavy atom. The molecule has 1 unspecified atom stereocenters. The lowest BCUT2D eigenvalue weighted by atomic mass is 9.88. The summed E-state index contributed by atoms with van der Waals surface area (Å²) in [6.07, 6.45) is 4.50. The van der Waals surface area contributed by atoms with Gasteiger partial charge in [-0.25, -0.2) is 4.72 Å². The highest BCUT2D eigenvalue weighted by molar-refractivity contribution is 7.87. The van der Waals surface area contributed by atoms with Crippen LogP contribution >= 0.6 is 0 Å². The number of hydrogen-bond acceptors (Lipinski definition) is 3. The summed E-state index contributed by atoms with van der Waals surface area (Å²) in [5.74, 6) is 0. The van der Waals surface area contributed by atoms with E-state index < -0.39 is 10.2 Å². The van der Waals surface area contributed by atoms with Crippen LogP contribution in [0.1, 0.15) is 52.9 Å². The van der Waals surface area contributed by atoms with Crippen LogP contribution < -0.4 is 4.72 Å². The van der Waals surface area contributed by atoms with E-state index >= 15 is 0 Å². The maximum absolute atomic E-state index is 12.3. The molecule has 5 nitrogen and oxygen atoms in total. The first-order chi connectivity index (χ1) is 8.78. The highest BCUT2D eigenvalue weighted by Crippen LogP contribution is 2.23. The molecule has 114 valence electrons. The summed E-state index contributed by atoms with van der Waals surface area (Å²) in [4.78, 5) is 0. The predicted molar refractivity (Wildman–Crippen MR) is 77.0 cm³/mol. The van der Waals surface area contributed by atoms with Crippen LogP contribution in [-0.4, -0.2) is 43.6 Å². The number of hydrogen-bond donors (Lipinski definition) is 2. The molecule has 0 bridgehead atoms. The van der Waals surface area contributed by atoms with Crippen LogP contribution in [0.2, 0.25) is 0 Å². The smallest absolute Gasteiger partial charge is 0.279 e. The van der Waals surface area contributed by atoms with Gasteiger partial charge in [0.2, 0.25) is 0 Å². The van der Waals surface area contributed by atoms with Crippen LogP contribution in [0.3, 0.4) is 0 Å². The summed E-state index contributed by atoms with van der Waals surface area (Å²) in [6.45, 7) is 7.19. The molecule has 0 aliphatic carbocycles. The van der Waals surface area contributed by atoms with Gasteiger partial charge in [-0.05, 0) is 38.0 Å². The zero-order valence-corrected chi connectivity index (χ0v) is 13.2. The Hall–Kier alpha value is -0.170. The summed E-state index contributed by atoms with van der Waals surface area (Å²) in [7, 11) is -3.37. The number of nitrogens with zero attached hydrogens (tertiary/aromatic N) is 1. The van der Waals surface area contributed by atoms with E-state index in [9.17, 15) is 8.42 Å². The van der Waals surface area contributed by atoms with Gasteiger partial charge >= 0.3 is 0 Å². The van der Waals surface area contributed by atoms with E-state index in [0.29, 0.717) is 19.5 Å². The topological polar surface area (TPSA) is 69.6 Å². The molecule has 1 saturated heterocycles. The fraction of sp³-hybridized carbons (Fsp3) is 1.00. The molecule has 1 heterocycles. The molecule has 0 spiro atoms. The SMILES string of the molecule is CC1CCCCN1S(=O)(=O)NCC(C)(C)CCCO. The van der Waals surface area contributed by atoms with Gasteiger partial charge in [-0.3, -0.25) is 0 Å². The minimum atomic E-state index is -3.37. The third-order valence-electron chi connectivity index (χ3n) is 3.80. The first-order valence-corrected chi connectivity index (χ1v) is 8.60. The molecule has 1 fully saturated rings. The fourth-order valence-electron chi connectivity index (χ4n) is 2.44. The van der Waals surface area contributed by atoms with Crippen molar-refractivity contribution in [3.63, 3.8) is 0 Å². The second-order valence-electron chi connectivity index (χ2n) is 6.27. The Balaban J connectivity index is 2.54. The summed E-state index contributed by atoms with van der Waals surface area (Å²) >= 11 is 0. The fourth-order valence-corrected chi connectivity index (χ4v) is 4.13. The lowest BCUT2D eigenvalue weighted by molar-refractivity contribution is 0.237. The molecule has 0 aromatic carbocycles. The van der Waals surface area contributed by atoms with E-state index in [1.54, 1.807) is 4.31 Å². The predicted octanol–water partition coefficient (Wildman–Crippen LogP) is 1.49. The van der Waals surface area contributed by atoms with Crippen molar-refractivity contribution < 1.29 is 13.5 Å². The zero-order chi connectivity index (χ0) is 14.5. The van der Waals surface area contributed by atoms with Crippen molar-refractivity contribution in [1.29, 1.82) is 0 Å². The van der Waals surface area contributed by atoms with Gasteiger partial charge in [-0.1, -0.05) is 20.3 Å². The zero-order valence-electron chi connectivity index (χ0n) is 12.4. The summed E-state index contributed by atoms with van der Waals surface area (Å²) in [5, 5.41) is 8.85. The molecule has 6 heteroatoms. The second kappa shape index (κ2) is 7.02. The van der Waals surface area contributed by atoms with E-state index in [1.165, 1.54) is 0 Å². The molecule has 1 aliphatic heterocycles. The quantitative estimate of drug-likeness (QED) is 0.747. The van der Waals surface area contributed by atoms with Gasteiger partial charge in [0, 0.05) is 25.7 Å². The van der Waals surface area contributed by atoms with Gasteiger partial charge in [0.25, 0.3) is 10.2 Å². The summed E-state index contributed by atoms with van der Waals surface area (Å²) < 4.78 is 28.9. The third kappa shape index (κ3) is 5.38. The van der Waals surface area contributed by atoms with E-state index in [-0.39, 0.29) is 18.1 Å². The largest absolute Gasteiger partial charge is 0.396 e. The van der Waals surface area contributed by atoms with E-state index in [0.717, 1.165) is 25.7 Å². The molecule has 0 aromatic rings. The highest BCUT2D eigenvalue weighted by Gasteiger charge is 2.30. The third-order valence-corrected chi connectivity index (χ3v) is 5.46. The number of nitrogens with one attached hydrogen (secondary N) is 1. The monoisotopic (exact) mass is 292 g/mol. The Morgan fingerprint density at radius 2 is 2.05 bits per heavy atom. The van der Waals surface area contributed by atoms with Crippen molar-refractivity contribution in [2.45, 2.75) is 58.9 Å². The molecule has 0 saturated carbocycles. The maximum Gasteiger partial charge on any atom is 0.279 e. The van der Waals surface area contributed by atoms with Gasteiger partial charge in [0.15, 0.2) is 0 Å². The second-order valence-corrected chi connectivity index (χ2v) is 7.98. The molecule has 0 amide bonds. The number of rotatable bonds is 7. The molecule has 0 radical (unpaired) electrons. The molecular weight excluding hydrogens is 264 g/mol. The molecule has 0 aromatic heterocycles. The average molecular weight is 292 g/mol. The van der Waals surface area contributed by atoms with Crippen LogP contribution in [0.4, 0.5) is 0 Å². The first kappa shape index (κ1) is 16.9. The Labute approximate surface area is 117 Å². The Morgan fingerprint density at radius 3 is 2.63 bits per heavy atom. The highest BCUT2D eigenvalue weighted by atomic mass is 32.2. The van der Waals surface area contributed by atoms with Crippen molar-refractivity contribution in [1.82, 2.24) is 9.03 Å². The molecule has 1 aliphatic rings. The van der Waals surface area contributed by atoms with Crippen LogP contribution in [0.5, 0.6) is 0 Å². The Bertz CT molecular complexity index is 368. The van der Waals surface area contributed by atoms with Crippen molar-refractivity contribution in [2.75, 3.05) is 19.7 Å². The van der Waals surface area contributed by atoms with Gasteiger partial charge < -0.3 is 5.11 Å². The maximum atomic E-state index is 12.3. The molecule has 2 N–H and O–H groups in total. The Kier molecular flexibility index (Phi) is 6.23. The molecule has 19 heavy (non-hydrogen) atoms. The molecule has 1 atom stereocenters. The van der Waals surface area contributed by atoms with Crippen molar-refractivity contribution in [2.24, 2.45) is 5.41 Å². The lowest BCUT2D eigenvalue weighted by Gasteiger charge is -2.33. The normalized spacial score (nSPS) is 22.6. The van der Waals surface area contributed by atoms with Crippen LogP contribution in [0.15, 0.2) is 0 Å². The summed E-state index contributed by atoms with van der Waals surface area (Å²) in [6, 6.07) is 0.0896. The molecular formula is C13H28N2O3S. The average Bonchev–Trinajstić information content (AvgIpc) is 2.35. The lowest BCUT2D eigenvalue weighted by Crippen LogP contribution is -2.49. The van der Waals surface area contributed by atoms with Crippen molar-refractivity contribution >= 4 is 10.2 Å². The first-order valence-electron chi connectivity index (χ1n) is 7.16. The van der Waals surface area contributed by atoms with E-state index in [2.05, 4.69) is 4.72 Å². The van der Waals surface area contributed by atoms with Gasteiger partial charge in [0.1, 0.15) is 0 Å². The number of aliphatic hydroxyl groups excluding tert-OH is 1. The van der Waals surface area contributed by atoms with Crippen LogP contribution in [-0.2, 0) is 10.2 Å². The summed E-state index contributed by atoms with van der Waals surface area (Å²) in [5.41, 5.74) is -0.130. The number of aliphatic hydroxyl groups is 1. The minimum Gasteiger partial charge on any atom is -0.396 e. The van der Waals surface area contributed by atoms with Crippen LogP contribution in [0.25, 0.3) is 0 Å². The van der Waals surface area contributed by atoms with Gasteiger partial charge in [0.05, 0.1) is 0 Å². The van der Waals surface area contributed by atoms with Gasteiger partial charge in [-0.2, -0.15) is 12.7 Å². The van der Waals surface area contributed by atoms with Crippen molar-refractivity contribution in [3.8, 4) is 0 Å². The van der Waals surface area contributed by atoms with Gasteiger partial charge in [-0.15, -0.1) is 0 Å². The van der Waals surface area contributed by atoms with E-state index in [4.69, 9.17) is 5.11 Å². The van der Waals surface area contributed by atoms with Crippen molar-refractivity contribution in [3.05, 3.63) is 0 Å². The minimum absolute atomic E-state index is 0.0896. The van der Waals surface area contributed by atoms with E-state index in [1.807, 2.05) is 20.8 Å². The standard InChI is InChI=1S/C13H28N2O3S/c1-12-7-4-5-9-15(12)19(17,18)14-11-13(2,3)8-6-10-16/h12,14,16H,4-11H2,1-3H3. The van der Waals surface area contributed by atoms with Crippen LogP contribution in [0, 0.1) is 5.41 Å².